The van der Waals surface area contributed by atoms with Gasteiger partial charge < -0.3 is 15.1 Å². The van der Waals surface area contributed by atoms with E-state index >= 15 is 0 Å². The number of pyridine rings is 1. The van der Waals surface area contributed by atoms with Crippen LogP contribution in [-0.4, -0.2) is 48.6 Å². The van der Waals surface area contributed by atoms with Gasteiger partial charge in [-0.15, -0.1) is 24.0 Å². The first-order valence-electron chi connectivity index (χ1n) is 9.02. The average molecular weight is 465 g/mol. The lowest BCUT2D eigenvalue weighted by Crippen LogP contribution is -2.52. The van der Waals surface area contributed by atoms with Crippen LogP contribution < -0.4 is 10.2 Å². The molecule has 0 atom stereocenters. The molecule has 0 amide bonds. The molecule has 0 spiro atoms. The largest absolute Gasteiger partial charge is 0.368 e. The Morgan fingerprint density at radius 1 is 1.04 bits per heavy atom. The molecule has 5 nitrogen and oxygen atoms in total. The maximum atomic E-state index is 4.80. The molecule has 6 heteroatoms. The van der Waals surface area contributed by atoms with E-state index in [1.165, 1.54) is 5.69 Å². The maximum Gasteiger partial charge on any atom is 0.194 e. The summed E-state index contributed by atoms with van der Waals surface area (Å²) in [5, 5.41) is 3.42. The number of nitrogens with zero attached hydrogens (tertiary/aromatic N) is 4. The molecule has 140 valence electrons. The number of piperazine rings is 1. The van der Waals surface area contributed by atoms with E-state index in [2.05, 4.69) is 57.4 Å². The monoisotopic (exact) mass is 465 g/mol. The smallest absolute Gasteiger partial charge is 0.194 e. The van der Waals surface area contributed by atoms with E-state index in [0.29, 0.717) is 6.54 Å². The topological polar surface area (TPSA) is 43.8 Å². The predicted molar refractivity (Wildman–Crippen MR) is 119 cm³/mol. The van der Waals surface area contributed by atoms with Crippen molar-refractivity contribution in [2.75, 3.05) is 37.6 Å². The first kappa shape index (κ1) is 20.5. The Balaban J connectivity index is 0.00000243. The molecule has 1 fully saturated rings. The molecule has 1 aromatic carbocycles. The van der Waals surface area contributed by atoms with Crippen molar-refractivity contribution in [2.45, 2.75) is 20.4 Å². The number of aryl methyl sites for hydroxylation is 1. The third kappa shape index (κ3) is 5.59. The van der Waals surface area contributed by atoms with E-state index in [4.69, 9.17) is 4.99 Å². The van der Waals surface area contributed by atoms with Gasteiger partial charge in [0.15, 0.2) is 5.96 Å². The molecule has 1 aromatic heterocycles. The molecule has 0 aliphatic carbocycles. The minimum Gasteiger partial charge on any atom is -0.368 e. The van der Waals surface area contributed by atoms with Gasteiger partial charge in [-0.1, -0.05) is 24.3 Å². The zero-order valence-corrected chi connectivity index (χ0v) is 17.9. The second-order valence-electron chi connectivity index (χ2n) is 6.25. The lowest BCUT2D eigenvalue weighted by atomic mass is 10.2. The summed E-state index contributed by atoms with van der Waals surface area (Å²) in [7, 11) is 0. The summed E-state index contributed by atoms with van der Waals surface area (Å²) >= 11 is 0. The van der Waals surface area contributed by atoms with Gasteiger partial charge in [0, 0.05) is 44.1 Å². The van der Waals surface area contributed by atoms with Crippen LogP contribution in [0.5, 0.6) is 0 Å². The lowest BCUT2D eigenvalue weighted by Gasteiger charge is -2.37. The molecule has 1 N–H and O–H groups in total. The number of benzene rings is 1. The van der Waals surface area contributed by atoms with E-state index in [1.54, 1.807) is 0 Å². The number of hydrogen-bond donors (Lipinski definition) is 1. The molecule has 2 aromatic rings. The Hall–Kier alpha value is -1.83. The van der Waals surface area contributed by atoms with Crippen LogP contribution in [0.25, 0.3) is 0 Å². The van der Waals surface area contributed by atoms with Crippen molar-refractivity contribution in [2.24, 2.45) is 4.99 Å². The number of para-hydroxylation sites is 1. The standard InChI is InChI=1S/C20H27N5.HI/c1-3-21-20(22-16-18-9-7-8-17(2)23-18)25-14-12-24(13-15-25)19-10-5-4-6-11-19;/h4-11H,3,12-16H2,1-2H3,(H,21,22);1H. The van der Waals surface area contributed by atoms with Crippen LogP contribution in [0.2, 0.25) is 0 Å². The zero-order valence-electron chi connectivity index (χ0n) is 15.6. The number of nitrogens with one attached hydrogen (secondary N) is 1. The van der Waals surface area contributed by atoms with E-state index in [9.17, 15) is 0 Å². The molecule has 2 heterocycles. The van der Waals surface area contributed by atoms with Crippen molar-refractivity contribution in [1.29, 1.82) is 0 Å². The first-order chi connectivity index (χ1) is 12.3. The Morgan fingerprint density at radius 2 is 1.77 bits per heavy atom. The van der Waals surface area contributed by atoms with Crippen LogP contribution in [0, 0.1) is 6.92 Å². The van der Waals surface area contributed by atoms with Gasteiger partial charge in [-0.3, -0.25) is 4.98 Å². The van der Waals surface area contributed by atoms with Gasteiger partial charge in [0.05, 0.1) is 12.2 Å². The van der Waals surface area contributed by atoms with Gasteiger partial charge in [-0.25, -0.2) is 4.99 Å². The van der Waals surface area contributed by atoms with Crippen molar-refractivity contribution in [3.8, 4) is 0 Å². The number of halogens is 1. The zero-order chi connectivity index (χ0) is 17.5. The highest BCUT2D eigenvalue weighted by atomic mass is 127. The van der Waals surface area contributed by atoms with Gasteiger partial charge in [0.25, 0.3) is 0 Å². The van der Waals surface area contributed by atoms with Crippen LogP contribution in [0.15, 0.2) is 53.5 Å². The fourth-order valence-electron chi connectivity index (χ4n) is 3.08. The summed E-state index contributed by atoms with van der Waals surface area (Å²) in [6, 6.07) is 16.7. The normalized spacial score (nSPS) is 14.8. The average Bonchev–Trinajstić information content (AvgIpc) is 2.66. The summed E-state index contributed by atoms with van der Waals surface area (Å²) in [4.78, 5) is 14.1. The molecule has 1 saturated heterocycles. The quantitative estimate of drug-likeness (QED) is 0.428. The predicted octanol–water partition coefficient (Wildman–Crippen LogP) is 3.30. The molecule has 26 heavy (non-hydrogen) atoms. The summed E-state index contributed by atoms with van der Waals surface area (Å²) in [5.74, 6) is 0.985. The minimum atomic E-state index is 0. The number of guanidine groups is 1. The molecule has 0 saturated carbocycles. The second kappa shape index (κ2) is 10.4. The van der Waals surface area contributed by atoms with E-state index < -0.39 is 0 Å². The highest BCUT2D eigenvalue weighted by Gasteiger charge is 2.19. The van der Waals surface area contributed by atoms with Crippen LogP contribution >= 0.6 is 24.0 Å². The summed E-state index contributed by atoms with van der Waals surface area (Å²) in [6.07, 6.45) is 0. The van der Waals surface area contributed by atoms with Gasteiger partial charge >= 0.3 is 0 Å². The van der Waals surface area contributed by atoms with E-state index in [-0.39, 0.29) is 24.0 Å². The summed E-state index contributed by atoms with van der Waals surface area (Å²) in [5.41, 5.74) is 3.35. The van der Waals surface area contributed by atoms with Crippen molar-refractivity contribution >= 4 is 35.6 Å². The molecule has 1 aliphatic heterocycles. The van der Waals surface area contributed by atoms with Crippen molar-refractivity contribution in [3.63, 3.8) is 0 Å². The fourth-order valence-corrected chi connectivity index (χ4v) is 3.08. The Morgan fingerprint density at radius 3 is 2.42 bits per heavy atom. The number of rotatable bonds is 4. The number of hydrogen-bond acceptors (Lipinski definition) is 3. The van der Waals surface area contributed by atoms with Crippen LogP contribution in [-0.2, 0) is 6.54 Å². The summed E-state index contributed by atoms with van der Waals surface area (Å²) in [6.45, 7) is 9.59. The molecular formula is C20H28IN5. The minimum absolute atomic E-state index is 0. The van der Waals surface area contributed by atoms with Gasteiger partial charge in [0.1, 0.15) is 0 Å². The van der Waals surface area contributed by atoms with Crippen molar-refractivity contribution < 1.29 is 0 Å². The van der Waals surface area contributed by atoms with Gasteiger partial charge in [-0.05, 0) is 38.1 Å². The van der Waals surface area contributed by atoms with Crippen LogP contribution in [0.4, 0.5) is 5.69 Å². The van der Waals surface area contributed by atoms with Gasteiger partial charge in [-0.2, -0.15) is 0 Å². The maximum absolute atomic E-state index is 4.80. The second-order valence-corrected chi connectivity index (χ2v) is 6.25. The molecule has 0 bridgehead atoms. The number of aliphatic imine (C=N–C) groups is 1. The van der Waals surface area contributed by atoms with Crippen LogP contribution in [0.1, 0.15) is 18.3 Å². The fraction of sp³-hybridized carbons (Fsp3) is 0.400. The highest BCUT2D eigenvalue weighted by molar-refractivity contribution is 14.0. The Kier molecular flexibility index (Phi) is 8.15. The Labute approximate surface area is 173 Å². The van der Waals surface area contributed by atoms with Crippen molar-refractivity contribution in [3.05, 3.63) is 59.9 Å². The molecule has 1 aliphatic rings. The molecule has 0 unspecified atom stereocenters. The lowest BCUT2D eigenvalue weighted by molar-refractivity contribution is 0.372. The number of aromatic nitrogens is 1. The molecular weight excluding hydrogens is 437 g/mol. The van der Waals surface area contributed by atoms with Gasteiger partial charge in [0.2, 0.25) is 0 Å². The number of anilines is 1. The third-order valence-corrected chi connectivity index (χ3v) is 4.37. The molecule has 3 rings (SSSR count). The van der Waals surface area contributed by atoms with E-state index in [0.717, 1.165) is 50.1 Å². The first-order valence-corrected chi connectivity index (χ1v) is 9.02. The molecule has 0 radical (unpaired) electrons. The van der Waals surface area contributed by atoms with Crippen LogP contribution in [0.3, 0.4) is 0 Å². The Bertz CT molecular complexity index is 696. The van der Waals surface area contributed by atoms with Crippen molar-refractivity contribution in [1.82, 2.24) is 15.2 Å². The summed E-state index contributed by atoms with van der Waals surface area (Å²) < 4.78 is 0. The SMILES string of the molecule is CCNC(=NCc1cccc(C)n1)N1CCN(c2ccccc2)CC1.I. The van der Waals surface area contributed by atoms with E-state index in [1.807, 2.05) is 25.1 Å². The third-order valence-electron chi connectivity index (χ3n) is 4.37. The highest BCUT2D eigenvalue weighted by Crippen LogP contribution is 2.15.